The second kappa shape index (κ2) is 4.14. The van der Waals surface area contributed by atoms with Crippen LogP contribution in [0.15, 0.2) is 30.3 Å². The van der Waals surface area contributed by atoms with Crippen LogP contribution in [0.1, 0.15) is 39.3 Å². The Labute approximate surface area is 87.3 Å². The summed E-state index contributed by atoms with van der Waals surface area (Å²) in [6.07, 6.45) is 0. The summed E-state index contributed by atoms with van der Waals surface area (Å²) in [5.41, 5.74) is 7.72. The number of hydrogen-bond donors (Lipinski definition) is 1. The summed E-state index contributed by atoms with van der Waals surface area (Å²) in [6.45, 7) is 8.93. The second-order valence-electron chi connectivity index (χ2n) is 5.09. The average molecular weight is 191 g/mol. The minimum absolute atomic E-state index is 0.135. The van der Waals surface area contributed by atoms with Crippen molar-refractivity contribution in [3.63, 3.8) is 0 Å². The van der Waals surface area contributed by atoms with Crippen molar-refractivity contribution < 1.29 is 0 Å². The maximum absolute atomic E-state index is 6.22. The molecule has 78 valence electrons. The summed E-state index contributed by atoms with van der Waals surface area (Å²) in [5.74, 6) is 0.477. The zero-order valence-corrected chi connectivity index (χ0v) is 9.62. The van der Waals surface area contributed by atoms with Crippen LogP contribution < -0.4 is 5.73 Å². The SMILES string of the molecule is CC(C(N)c1ccccc1)C(C)(C)C. The van der Waals surface area contributed by atoms with Crippen LogP contribution in [0.3, 0.4) is 0 Å². The van der Waals surface area contributed by atoms with Gasteiger partial charge in [-0.2, -0.15) is 0 Å². The molecule has 14 heavy (non-hydrogen) atoms. The normalized spacial score (nSPS) is 16.4. The van der Waals surface area contributed by atoms with E-state index in [2.05, 4.69) is 39.8 Å². The van der Waals surface area contributed by atoms with E-state index in [4.69, 9.17) is 5.73 Å². The van der Waals surface area contributed by atoms with Crippen molar-refractivity contribution in [3.05, 3.63) is 35.9 Å². The Morgan fingerprint density at radius 2 is 1.57 bits per heavy atom. The molecule has 1 aromatic rings. The van der Waals surface area contributed by atoms with Crippen molar-refractivity contribution in [3.8, 4) is 0 Å². The summed E-state index contributed by atoms with van der Waals surface area (Å²) in [6, 6.07) is 10.5. The molecule has 0 bridgehead atoms. The van der Waals surface area contributed by atoms with Gasteiger partial charge in [-0.05, 0) is 16.9 Å². The first kappa shape index (κ1) is 11.3. The smallest absolute Gasteiger partial charge is 0.0325 e. The van der Waals surface area contributed by atoms with Crippen molar-refractivity contribution in [1.82, 2.24) is 0 Å². The van der Waals surface area contributed by atoms with Crippen LogP contribution in [0.5, 0.6) is 0 Å². The van der Waals surface area contributed by atoms with E-state index in [0.717, 1.165) is 0 Å². The highest BCUT2D eigenvalue weighted by Crippen LogP contribution is 2.34. The average Bonchev–Trinajstić information content (AvgIpc) is 2.15. The highest BCUT2D eigenvalue weighted by Gasteiger charge is 2.26. The summed E-state index contributed by atoms with van der Waals surface area (Å²) in [7, 11) is 0. The fourth-order valence-electron chi connectivity index (χ4n) is 1.50. The van der Waals surface area contributed by atoms with E-state index >= 15 is 0 Å². The lowest BCUT2D eigenvalue weighted by Gasteiger charge is -2.32. The highest BCUT2D eigenvalue weighted by molar-refractivity contribution is 5.19. The number of nitrogens with two attached hydrogens (primary N) is 1. The molecule has 0 saturated heterocycles. The zero-order valence-electron chi connectivity index (χ0n) is 9.62. The van der Waals surface area contributed by atoms with Crippen LogP contribution in [-0.2, 0) is 0 Å². The summed E-state index contributed by atoms with van der Waals surface area (Å²) in [4.78, 5) is 0. The second-order valence-corrected chi connectivity index (χ2v) is 5.09. The van der Waals surface area contributed by atoms with Crippen molar-refractivity contribution in [1.29, 1.82) is 0 Å². The minimum Gasteiger partial charge on any atom is -0.324 e. The Morgan fingerprint density at radius 1 is 1.07 bits per heavy atom. The van der Waals surface area contributed by atoms with Gasteiger partial charge in [0.2, 0.25) is 0 Å². The molecule has 0 radical (unpaired) electrons. The predicted octanol–water partition coefficient (Wildman–Crippen LogP) is 3.37. The lowest BCUT2D eigenvalue weighted by Crippen LogP contribution is -2.29. The van der Waals surface area contributed by atoms with Crippen LogP contribution in [-0.4, -0.2) is 0 Å². The largest absolute Gasteiger partial charge is 0.324 e. The minimum atomic E-state index is 0.135. The molecule has 2 N–H and O–H groups in total. The molecule has 1 nitrogen and oxygen atoms in total. The molecule has 0 aliphatic heterocycles. The molecule has 1 aromatic carbocycles. The van der Waals surface area contributed by atoms with Crippen molar-refractivity contribution in [2.45, 2.75) is 33.7 Å². The van der Waals surface area contributed by atoms with Gasteiger partial charge >= 0.3 is 0 Å². The van der Waals surface area contributed by atoms with Gasteiger partial charge < -0.3 is 5.73 Å². The molecular weight excluding hydrogens is 170 g/mol. The highest BCUT2D eigenvalue weighted by atomic mass is 14.7. The van der Waals surface area contributed by atoms with E-state index in [9.17, 15) is 0 Å². The third kappa shape index (κ3) is 2.58. The molecule has 1 rings (SSSR count). The van der Waals surface area contributed by atoms with Gasteiger partial charge in [0.1, 0.15) is 0 Å². The van der Waals surface area contributed by atoms with Crippen LogP contribution in [0.4, 0.5) is 0 Å². The number of rotatable bonds is 2. The third-order valence-corrected chi connectivity index (χ3v) is 3.09. The van der Waals surface area contributed by atoms with Crippen LogP contribution >= 0.6 is 0 Å². The van der Waals surface area contributed by atoms with E-state index in [0.29, 0.717) is 5.92 Å². The molecule has 0 fully saturated rings. The Balaban J connectivity index is 2.81. The first-order valence-electron chi connectivity index (χ1n) is 5.23. The van der Waals surface area contributed by atoms with E-state index in [1.165, 1.54) is 5.56 Å². The maximum atomic E-state index is 6.22. The third-order valence-electron chi connectivity index (χ3n) is 3.09. The maximum Gasteiger partial charge on any atom is 0.0325 e. The van der Waals surface area contributed by atoms with Gasteiger partial charge in [0, 0.05) is 6.04 Å². The Kier molecular flexibility index (Phi) is 3.33. The van der Waals surface area contributed by atoms with Gasteiger partial charge in [0.15, 0.2) is 0 Å². The summed E-state index contributed by atoms with van der Waals surface area (Å²) >= 11 is 0. The Bertz CT molecular complexity index is 271. The van der Waals surface area contributed by atoms with Gasteiger partial charge in [-0.15, -0.1) is 0 Å². The quantitative estimate of drug-likeness (QED) is 0.762. The van der Waals surface area contributed by atoms with E-state index in [1.54, 1.807) is 0 Å². The van der Waals surface area contributed by atoms with Crippen molar-refractivity contribution in [2.75, 3.05) is 0 Å². The molecule has 0 aliphatic carbocycles. The molecule has 0 spiro atoms. The van der Waals surface area contributed by atoms with Crippen molar-refractivity contribution in [2.24, 2.45) is 17.1 Å². The van der Waals surface area contributed by atoms with Gasteiger partial charge in [0.25, 0.3) is 0 Å². The number of hydrogen-bond acceptors (Lipinski definition) is 1. The van der Waals surface area contributed by atoms with Crippen LogP contribution in [0, 0.1) is 11.3 Å². The molecule has 0 amide bonds. The molecule has 2 unspecified atom stereocenters. The van der Waals surface area contributed by atoms with Gasteiger partial charge in [-0.1, -0.05) is 58.0 Å². The number of benzene rings is 1. The van der Waals surface area contributed by atoms with Crippen LogP contribution in [0.25, 0.3) is 0 Å². The molecule has 1 heteroatoms. The molecule has 2 atom stereocenters. The molecule has 0 aromatic heterocycles. The zero-order chi connectivity index (χ0) is 10.8. The standard InChI is InChI=1S/C13H21N/c1-10(13(2,3)4)12(14)11-8-6-5-7-9-11/h5-10,12H,14H2,1-4H3. The first-order valence-corrected chi connectivity index (χ1v) is 5.23. The lowest BCUT2D eigenvalue weighted by atomic mass is 9.76. The molecule has 0 saturated carbocycles. The lowest BCUT2D eigenvalue weighted by molar-refractivity contribution is 0.222. The fraction of sp³-hybridized carbons (Fsp3) is 0.538. The Hall–Kier alpha value is -0.820. The molecule has 0 heterocycles. The fourth-order valence-corrected chi connectivity index (χ4v) is 1.50. The van der Waals surface area contributed by atoms with Crippen molar-refractivity contribution >= 4 is 0 Å². The van der Waals surface area contributed by atoms with Crippen LogP contribution in [0.2, 0.25) is 0 Å². The first-order chi connectivity index (χ1) is 6.43. The van der Waals surface area contributed by atoms with E-state index in [1.807, 2.05) is 18.2 Å². The Morgan fingerprint density at radius 3 is 2.00 bits per heavy atom. The topological polar surface area (TPSA) is 26.0 Å². The predicted molar refractivity (Wildman–Crippen MR) is 62.0 cm³/mol. The van der Waals surface area contributed by atoms with E-state index in [-0.39, 0.29) is 11.5 Å². The van der Waals surface area contributed by atoms with Gasteiger partial charge in [-0.3, -0.25) is 0 Å². The van der Waals surface area contributed by atoms with Gasteiger partial charge in [0.05, 0.1) is 0 Å². The monoisotopic (exact) mass is 191 g/mol. The van der Waals surface area contributed by atoms with E-state index < -0.39 is 0 Å². The summed E-state index contributed by atoms with van der Waals surface area (Å²) < 4.78 is 0. The molecule has 0 aliphatic rings. The summed E-state index contributed by atoms with van der Waals surface area (Å²) in [5, 5.41) is 0. The molecular formula is C13H21N. The van der Waals surface area contributed by atoms with Gasteiger partial charge in [-0.25, -0.2) is 0 Å².